The number of anilines is 1. The van der Waals surface area contributed by atoms with Crippen molar-refractivity contribution in [3.63, 3.8) is 0 Å². The van der Waals surface area contributed by atoms with Crippen LogP contribution in [0.5, 0.6) is 0 Å². The summed E-state index contributed by atoms with van der Waals surface area (Å²) >= 11 is 1.52. The molecule has 3 N–H and O–H groups in total. The third-order valence-corrected chi connectivity index (χ3v) is 4.53. The number of rotatable bonds is 5. The first kappa shape index (κ1) is 16.1. The molecule has 0 spiro atoms. The lowest BCUT2D eigenvalue weighted by Crippen LogP contribution is -2.39. The fourth-order valence-corrected chi connectivity index (χ4v) is 3.18. The highest BCUT2D eigenvalue weighted by atomic mass is 32.1. The molecule has 0 aliphatic carbocycles. The first-order valence-electron chi connectivity index (χ1n) is 7.45. The zero-order chi connectivity index (χ0) is 17.1. The third-order valence-electron chi connectivity index (χ3n) is 3.61. The van der Waals surface area contributed by atoms with Gasteiger partial charge in [0.25, 0.3) is 5.91 Å². The number of nitrogens with two attached hydrogens (primary N) is 1. The fourth-order valence-electron chi connectivity index (χ4n) is 2.44. The summed E-state index contributed by atoms with van der Waals surface area (Å²) in [5, 5.41) is 9.56. The Bertz CT molecular complexity index is 787. The fraction of sp³-hybridized carbons (Fsp3) is 0.250. The van der Waals surface area contributed by atoms with E-state index in [2.05, 4.69) is 15.4 Å². The molecule has 124 valence electrons. The molecule has 1 atom stereocenters. The molecule has 0 fully saturated rings. The van der Waals surface area contributed by atoms with Crippen molar-refractivity contribution in [2.45, 2.75) is 25.9 Å². The van der Waals surface area contributed by atoms with Crippen molar-refractivity contribution < 1.29 is 9.59 Å². The number of hydrogen-bond donors (Lipinski definition) is 2. The second-order valence-corrected chi connectivity index (χ2v) is 6.70. The summed E-state index contributed by atoms with van der Waals surface area (Å²) in [6, 6.07) is 8.53. The average molecular weight is 343 g/mol. The van der Waals surface area contributed by atoms with Crippen LogP contribution in [0.1, 0.15) is 16.3 Å². The molecule has 1 aromatic carbocycles. The molecule has 2 aromatic rings. The monoisotopic (exact) mass is 343 g/mol. The van der Waals surface area contributed by atoms with Crippen LogP contribution in [-0.2, 0) is 16.1 Å². The maximum atomic E-state index is 12.3. The van der Waals surface area contributed by atoms with Crippen LogP contribution >= 0.6 is 11.3 Å². The Kier molecular flexibility index (Phi) is 4.57. The lowest BCUT2D eigenvalue weighted by atomic mass is 10.1. The number of thiazole rings is 1. The van der Waals surface area contributed by atoms with E-state index in [9.17, 15) is 9.59 Å². The molecule has 1 aliphatic heterocycles. The number of aromatic nitrogens is 1. The molecule has 1 aromatic heterocycles. The SMILES string of the molecule is Cc1ncc(CNC(=O)C2=NN(c3ccccc3)C(C(N)=O)C2)s1. The van der Waals surface area contributed by atoms with Gasteiger partial charge in [-0.1, -0.05) is 18.2 Å². The van der Waals surface area contributed by atoms with Gasteiger partial charge in [0.15, 0.2) is 0 Å². The van der Waals surface area contributed by atoms with E-state index in [1.54, 1.807) is 6.20 Å². The minimum atomic E-state index is -0.654. The van der Waals surface area contributed by atoms with Gasteiger partial charge in [-0.25, -0.2) is 4.98 Å². The summed E-state index contributed by atoms with van der Waals surface area (Å²) in [4.78, 5) is 29.1. The number of nitrogens with one attached hydrogen (secondary N) is 1. The van der Waals surface area contributed by atoms with Crippen LogP contribution in [0.15, 0.2) is 41.6 Å². The topological polar surface area (TPSA) is 101 Å². The maximum absolute atomic E-state index is 12.3. The Hall–Kier alpha value is -2.74. The van der Waals surface area contributed by atoms with Crippen molar-refractivity contribution in [1.82, 2.24) is 10.3 Å². The van der Waals surface area contributed by atoms with E-state index < -0.39 is 11.9 Å². The van der Waals surface area contributed by atoms with Crippen LogP contribution in [0.4, 0.5) is 5.69 Å². The van der Waals surface area contributed by atoms with Gasteiger partial charge in [-0.05, 0) is 19.1 Å². The lowest BCUT2D eigenvalue weighted by Gasteiger charge is -2.20. The Morgan fingerprint density at radius 3 is 2.75 bits per heavy atom. The van der Waals surface area contributed by atoms with Crippen molar-refractivity contribution in [3.05, 3.63) is 46.4 Å². The standard InChI is InChI=1S/C16H17N5O2S/c1-10-18-8-12(24-10)9-19-16(23)13-7-14(15(17)22)21(20-13)11-5-3-2-4-6-11/h2-6,8,14H,7,9H2,1H3,(H2,17,22)(H,19,23). The molecule has 8 heteroatoms. The molecule has 7 nitrogen and oxygen atoms in total. The number of para-hydroxylation sites is 1. The van der Waals surface area contributed by atoms with Gasteiger partial charge in [0.2, 0.25) is 5.91 Å². The number of amides is 2. The molecular weight excluding hydrogens is 326 g/mol. The van der Waals surface area contributed by atoms with Crippen LogP contribution in [0.2, 0.25) is 0 Å². The predicted octanol–water partition coefficient (Wildman–Crippen LogP) is 1.19. The van der Waals surface area contributed by atoms with Crippen molar-refractivity contribution in [2.75, 3.05) is 5.01 Å². The third kappa shape index (κ3) is 3.43. The maximum Gasteiger partial charge on any atom is 0.267 e. The quantitative estimate of drug-likeness (QED) is 0.851. The van der Waals surface area contributed by atoms with E-state index in [0.717, 1.165) is 15.6 Å². The predicted molar refractivity (Wildman–Crippen MR) is 92.7 cm³/mol. The van der Waals surface area contributed by atoms with Crippen LogP contribution in [-0.4, -0.2) is 28.6 Å². The van der Waals surface area contributed by atoms with Gasteiger partial charge >= 0.3 is 0 Å². The minimum absolute atomic E-state index is 0.192. The summed E-state index contributed by atoms with van der Waals surface area (Å²) in [5.41, 5.74) is 6.48. The van der Waals surface area contributed by atoms with Crippen molar-refractivity contribution >= 4 is 34.6 Å². The number of benzene rings is 1. The number of primary amides is 1. The molecule has 1 unspecified atom stereocenters. The van der Waals surface area contributed by atoms with Gasteiger partial charge in [-0.15, -0.1) is 11.3 Å². The average Bonchev–Trinajstić information content (AvgIpc) is 3.20. The van der Waals surface area contributed by atoms with E-state index in [1.807, 2.05) is 37.3 Å². The molecular formula is C16H17N5O2S. The van der Waals surface area contributed by atoms with Gasteiger partial charge in [-0.3, -0.25) is 14.6 Å². The molecule has 0 saturated carbocycles. The number of hydrogen-bond acceptors (Lipinski definition) is 6. The van der Waals surface area contributed by atoms with E-state index in [1.165, 1.54) is 16.3 Å². The van der Waals surface area contributed by atoms with E-state index in [4.69, 9.17) is 5.73 Å². The van der Waals surface area contributed by atoms with Gasteiger partial charge in [0, 0.05) is 17.5 Å². The molecule has 2 heterocycles. The van der Waals surface area contributed by atoms with E-state index in [0.29, 0.717) is 12.3 Å². The number of hydrazone groups is 1. The van der Waals surface area contributed by atoms with Gasteiger partial charge < -0.3 is 11.1 Å². The van der Waals surface area contributed by atoms with Gasteiger partial charge in [-0.2, -0.15) is 5.10 Å². The highest BCUT2D eigenvalue weighted by Crippen LogP contribution is 2.24. The Balaban J connectivity index is 1.72. The van der Waals surface area contributed by atoms with Crippen LogP contribution in [0.25, 0.3) is 0 Å². The largest absolute Gasteiger partial charge is 0.368 e. The zero-order valence-electron chi connectivity index (χ0n) is 13.1. The summed E-state index contributed by atoms with van der Waals surface area (Å²) in [7, 11) is 0. The smallest absolute Gasteiger partial charge is 0.267 e. The Morgan fingerprint density at radius 1 is 1.38 bits per heavy atom. The molecule has 0 saturated heterocycles. The number of nitrogens with zero attached hydrogens (tertiary/aromatic N) is 3. The first-order chi connectivity index (χ1) is 11.5. The molecule has 0 bridgehead atoms. The number of carbonyl (C=O) groups is 2. The van der Waals surface area contributed by atoms with Crippen molar-refractivity contribution in [1.29, 1.82) is 0 Å². The summed E-state index contributed by atoms with van der Waals surface area (Å²) in [6.07, 6.45) is 1.93. The Morgan fingerprint density at radius 2 is 2.12 bits per heavy atom. The normalized spacial score (nSPS) is 16.8. The molecule has 1 aliphatic rings. The second kappa shape index (κ2) is 6.79. The molecule has 3 rings (SSSR count). The highest BCUT2D eigenvalue weighted by molar-refractivity contribution is 7.11. The summed E-state index contributed by atoms with van der Waals surface area (Å²) in [5.74, 6) is -0.811. The second-order valence-electron chi connectivity index (χ2n) is 5.38. The molecule has 2 amide bonds. The first-order valence-corrected chi connectivity index (χ1v) is 8.27. The minimum Gasteiger partial charge on any atom is -0.368 e. The highest BCUT2D eigenvalue weighted by Gasteiger charge is 2.34. The van der Waals surface area contributed by atoms with Crippen LogP contribution in [0, 0.1) is 6.92 Å². The van der Waals surface area contributed by atoms with Crippen LogP contribution < -0.4 is 16.1 Å². The Labute approximate surface area is 143 Å². The summed E-state index contributed by atoms with van der Waals surface area (Å²) < 4.78 is 0. The zero-order valence-corrected chi connectivity index (χ0v) is 13.9. The molecule has 24 heavy (non-hydrogen) atoms. The molecule has 0 radical (unpaired) electrons. The number of carbonyl (C=O) groups excluding carboxylic acids is 2. The van der Waals surface area contributed by atoms with Crippen LogP contribution in [0.3, 0.4) is 0 Å². The summed E-state index contributed by atoms with van der Waals surface area (Å²) in [6.45, 7) is 2.29. The van der Waals surface area contributed by atoms with Gasteiger partial charge in [0.1, 0.15) is 11.8 Å². The lowest BCUT2D eigenvalue weighted by molar-refractivity contribution is -0.119. The number of aryl methyl sites for hydroxylation is 1. The van der Waals surface area contributed by atoms with Crippen molar-refractivity contribution in [2.24, 2.45) is 10.8 Å². The van der Waals surface area contributed by atoms with Crippen molar-refractivity contribution in [3.8, 4) is 0 Å². The van der Waals surface area contributed by atoms with E-state index in [-0.39, 0.29) is 12.3 Å². The van der Waals surface area contributed by atoms with Gasteiger partial charge in [0.05, 0.1) is 17.2 Å². The van der Waals surface area contributed by atoms with E-state index >= 15 is 0 Å².